The maximum absolute atomic E-state index is 11.0. The van der Waals surface area contributed by atoms with Crippen molar-refractivity contribution in [3.63, 3.8) is 0 Å². The third-order valence-corrected chi connectivity index (χ3v) is 4.94. The molecule has 1 atom stereocenters. The molecule has 146 valence electrons. The molecule has 1 unspecified atom stereocenters. The zero-order valence-electron chi connectivity index (χ0n) is 15.5. The lowest BCUT2D eigenvalue weighted by molar-refractivity contribution is -0.384. The molecule has 0 aliphatic carbocycles. The second-order valence-electron chi connectivity index (χ2n) is 6.04. The minimum atomic E-state index is -0.433. The van der Waals surface area contributed by atoms with Gasteiger partial charge in [0.05, 0.1) is 19.1 Å². The van der Waals surface area contributed by atoms with Crippen LogP contribution in [0.2, 0.25) is 0 Å². The molecular formula is C19H19BrN4O4. The quantitative estimate of drug-likeness (QED) is 0.429. The molecule has 9 heteroatoms. The van der Waals surface area contributed by atoms with E-state index in [-0.39, 0.29) is 11.7 Å². The van der Waals surface area contributed by atoms with Gasteiger partial charge in [0.1, 0.15) is 23.4 Å². The molecule has 0 saturated carbocycles. The summed E-state index contributed by atoms with van der Waals surface area (Å²) < 4.78 is 13.3. The molecule has 1 heterocycles. The minimum Gasteiger partial charge on any atom is -0.497 e. The molecule has 0 aliphatic heterocycles. The van der Waals surface area contributed by atoms with Crippen molar-refractivity contribution in [1.29, 1.82) is 0 Å². The van der Waals surface area contributed by atoms with Crippen LogP contribution in [0.15, 0.2) is 53.3 Å². The number of hydrogen-bond donors (Lipinski definition) is 1. The normalized spacial score (nSPS) is 11.7. The molecule has 0 fully saturated rings. The van der Waals surface area contributed by atoms with E-state index >= 15 is 0 Å². The van der Waals surface area contributed by atoms with Crippen molar-refractivity contribution < 1.29 is 14.4 Å². The Balaban J connectivity index is 2.07. The molecule has 3 aromatic rings. The summed E-state index contributed by atoms with van der Waals surface area (Å²) in [6.07, 6.45) is 3.57. The fourth-order valence-electron chi connectivity index (χ4n) is 2.84. The summed E-state index contributed by atoms with van der Waals surface area (Å²) in [6, 6.07) is 9.82. The first kappa shape index (κ1) is 19.7. The first-order valence-electron chi connectivity index (χ1n) is 8.33. The summed E-state index contributed by atoms with van der Waals surface area (Å²) in [5, 5.41) is 14.4. The van der Waals surface area contributed by atoms with Crippen LogP contribution in [0.1, 0.15) is 17.4 Å². The van der Waals surface area contributed by atoms with Crippen molar-refractivity contribution in [2.45, 2.75) is 6.04 Å². The fourth-order valence-corrected chi connectivity index (χ4v) is 3.32. The number of nitrogens with one attached hydrogen (secondary N) is 1. The highest BCUT2D eigenvalue weighted by atomic mass is 79.9. The Hall–Kier alpha value is -3.07. The standard InChI is InChI=1S/C19H19BrN4O4/c1-23-7-6-21-19(23)18(12-8-14(27-2)11-15(9-12)28-3)22-17-5-4-13(24(25)26)10-16(17)20/h4-11,18,22H,1-3H3. The Morgan fingerprint density at radius 1 is 1.18 bits per heavy atom. The Labute approximate surface area is 170 Å². The SMILES string of the molecule is COc1cc(OC)cc(C(Nc2ccc([N+](=O)[O-])cc2Br)c2nccn2C)c1. The average Bonchev–Trinajstić information content (AvgIpc) is 3.11. The van der Waals surface area contributed by atoms with Gasteiger partial charge in [0.15, 0.2) is 0 Å². The Bertz CT molecular complexity index is 983. The van der Waals surface area contributed by atoms with E-state index in [1.807, 2.05) is 29.9 Å². The smallest absolute Gasteiger partial charge is 0.270 e. The van der Waals surface area contributed by atoms with Crippen LogP contribution < -0.4 is 14.8 Å². The predicted molar refractivity (Wildman–Crippen MR) is 109 cm³/mol. The van der Waals surface area contributed by atoms with Crippen LogP contribution in [-0.2, 0) is 7.05 Å². The number of anilines is 1. The maximum atomic E-state index is 11.0. The van der Waals surface area contributed by atoms with Crippen molar-refractivity contribution >= 4 is 27.3 Å². The average molecular weight is 447 g/mol. The van der Waals surface area contributed by atoms with Gasteiger partial charge >= 0.3 is 0 Å². The molecule has 3 rings (SSSR count). The van der Waals surface area contributed by atoms with E-state index < -0.39 is 4.92 Å². The van der Waals surface area contributed by atoms with Crippen molar-refractivity contribution in [3.8, 4) is 11.5 Å². The summed E-state index contributed by atoms with van der Waals surface area (Å²) in [7, 11) is 5.09. The number of hydrogen-bond acceptors (Lipinski definition) is 6. The number of nitrogens with zero attached hydrogens (tertiary/aromatic N) is 3. The number of halogens is 1. The first-order valence-corrected chi connectivity index (χ1v) is 9.13. The second-order valence-corrected chi connectivity index (χ2v) is 6.90. The van der Waals surface area contributed by atoms with Crippen LogP contribution in [0.3, 0.4) is 0 Å². The van der Waals surface area contributed by atoms with E-state index in [9.17, 15) is 10.1 Å². The molecular weight excluding hydrogens is 428 g/mol. The van der Waals surface area contributed by atoms with Gasteiger partial charge in [-0.1, -0.05) is 0 Å². The van der Waals surface area contributed by atoms with E-state index in [1.54, 1.807) is 32.5 Å². The molecule has 0 spiro atoms. The third kappa shape index (κ3) is 4.09. The van der Waals surface area contributed by atoms with Crippen molar-refractivity contribution in [3.05, 3.63) is 74.8 Å². The van der Waals surface area contributed by atoms with Crippen LogP contribution >= 0.6 is 15.9 Å². The molecule has 0 amide bonds. The second kappa shape index (κ2) is 8.30. The predicted octanol–water partition coefficient (Wildman–Crippen LogP) is 4.31. The van der Waals surface area contributed by atoms with Gasteiger partial charge in [-0.2, -0.15) is 0 Å². The Morgan fingerprint density at radius 3 is 2.36 bits per heavy atom. The maximum Gasteiger partial charge on any atom is 0.270 e. The molecule has 1 aromatic heterocycles. The number of benzene rings is 2. The van der Waals surface area contributed by atoms with Gasteiger partial charge in [0.25, 0.3) is 5.69 Å². The summed E-state index contributed by atoms with van der Waals surface area (Å²) in [5.74, 6) is 2.07. The Kier molecular flexibility index (Phi) is 5.84. The number of nitro benzene ring substituents is 1. The van der Waals surface area contributed by atoms with Crippen LogP contribution in [0, 0.1) is 10.1 Å². The van der Waals surface area contributed by atoms with Gasteiger partial charge in [-0.15, -0.1) is 0 Å². The van der Waals surface area contributed by atoms with Crippen molar-refractivity contribution in [2.75, 3.05) is 19.5 Å². The number of aryl methyl sites for hydroxylation is 1. The van der Waals surface area contributed by atoms with Crippen LogP contribution in [-0.4, -0.2) is 28.7 Å². The lowest BCUT2D eigenvalue weighted by Gasteiger charge is -2.22. The summed E-state index contributed by atoms with van der Waals surface area (Å²) >= 11 is 3.41. The van der Waals surface area contributed by atoms with E-state index in [2.05, 4.69) is 26.2 Å². The van der Waals surface area contributed by atoms with E-state index in [0.29, 0.717) is 21.7 Å². The molecule has 1 N–H and O–H groups in total. The largest absolute Gasteiger partial charge is 0.497 e. The van der Waals surface area contributed by atoms with Crippen molar-refractivity contribution in [1.82, 2.24) is 9.55 Å². The number of nitro groups is 1. The van der Waals surface area contributed by atoms with E-state index in [1.165, 1.54) is 12.1 Å². The van der Waals surface area contributed by atoms with Gasteiger partial charge in [0.2, 0.25) is 0 Å². The number of aromatic nitrogens is 2. The molecule has 28 heavy (non-hydrogen) atoms. The van der Waals surface area contributed by atoms with Gasteiger partial charge in [-0.25, -0.2) is 4.98 Å². The molecule has 0 radical (unpaired) electrons. The van der Waals surface area contributed by atoms with Crippen molar-refractivity contribution in [2.24, 2.45) is 7.05 Å². The van der Waals surface area contributed by atoms with Gasteiger partial charge in [0, 0.05) is 47.8 Å². The first-order chi connectivity index (χ1) is 13.4. The topological polar surface area (TPSA) is 91.4 Å². The number of imidazole rings is 1. The number of rotatable bonds is 7. The number of ether oxygens (including phenoxy) is 2. The van der Waals surface area contributed by atoms with Gasteiger partial charge in [-0.3, -0.25) is 10.1 Å². The highest BCUT2D eigenvalue weighted by molar-refractivity contribution is 9.10. The fraction of sp³-hybridized carbons (Fsp3) is 0.211. The zero-order valence-corrected chi connectivity index (χ0v) is 17.1. The van der Waals surface area contributed by atoms with Crippen LogP contribution in [0.25, 0.3) is 0 Å². The third-order valence-electron chi connectivity index (χ3n) is 4.29. The molecule has 8 nitrogen and oxygen atoms in total. The summed E-state index contributed by atoms with van der Waals surface area (Å²) in [5.41, 5.74) is 1.57. The molecule has 0 bridgehead atoms. The highest BCUT2D eigenvalue weighted by Crippen LogP contribution is 2.35. The number of non-ortho nitro benzene ring substituents is 1. The minimum absolute atomic E-state index is 0.00835. The zero-order chi connectivity index (χ0) is 20.3. The monoisotopic (exact) mass is 446 g/mol. The van der Waals surface area contributed by atoms with Crippen LogP contribution in [0.4, 0.5) is 11.4 Å². The van der Waals surface area contributed by atoms with Gasteiger partial charge in [-0.05, 0) is 39.7 Å². The number of methoxy groups -OCH3 is 2. The lowest BCUT2D eigenvalue weighted by atomic mass is 10.0. The van der Waals surface area contributed by atoms with E-state index in [4.69, 9.17) is 9.47 Å². The molecule has 0 aliphatic rings. The highest BCUT2D eigenvalue weighted by Gasteiger charge is 2.22. The van der Waals surface area contributed by atoms with Gasteiger partial charge < -0.3 is 19.4 Å². The van der Waals surface area contributed by atoms with E-state index in [0.717, 1.165) is 11.4 Å². The lowest BCUT2D eigenvalue weighted by Crippen LogP contribution is -2.17. The Morgan fingerprint density at radius 2 is 1.86 bits per heavy atom. The summed E-state index contributed by atoms with van der Waals surface area (Å²) in [4.78, 5) is 15.0. The van der Waals surface area contributed by atoms with Crippen LogP contribution in [0.5, 0.6) is 11.5 Å². The summed E-state index contributed by atoms with van der Waals surface area (Å²) in [6.45, 7) is 0. The molecule has 2 aromatic carbocycles. The molecule has 0 saturated heterocycles.